The highest BCUT2D eigenvalue weighted by molar-refractivity contribution is 9.10. The molecule has 1 aromatic rings. The van der Waals surface area contributed by atoms with Crippen molar-refractivity contribution < 1.29 is 14.3 Å². The Bertz CT molecular complexity index is 482. The first-order valence-corrected chi connectivity index (χ1v) is 7.17. The van der Waals surface area contributed by atoms with Gasteiger partial charge in [-0.25, -0.2) is 0 Å². The first kappa shape index (κ1) is 16.5. The van der Waals surface area contributed by atoms with E-state index in [9.17, 15) is 4.79 Å². The van der Waals surface area contributed by atoms with E-state index in [0.29, 0.717) is 26.1 Å². The molecule has 0 spiro atoms. The number of nitrogens with one attached hydrogen (secondary N) is 1. The lowest BCUT2D eigenvalue weighted by Crippen LogP contribution is -2.19. The van der Waals surface area contributed by atoms with Crippen LogP contribution in [0.1, 0.15) is 18.9 Å². The van der Waals surface area contributed by atoms with Gasteiger partial charge in [0.15, 0.2) is 0 Å². The Morgan fingerprint density at radius 2 is 2.30 bits per heavy atom. The normalized spacial score (nSPS) is 9.85. The van der Waals surface area contributed by atoms with Crippen LogP contribution in [0, 0.1) is 12.3 Å². The Balaban J connectivity index is 2.47. The Hall–Kier alpha value is -1.51. The summed E-state index contributed by atoms with van der Waals surface area (Å²) in [4.78, 5) is 11.2. The van der Waals surface area contributed by atoms with Crippen molar-refractivity contribution in [3.8, 4) is 18.1 Å². The second kappa shape index (κ2) is 9.40. The molecule has 0 aliphatic carbocycles. The fourth-order valence-corrected chi connectivity index (χ4v) is 2.00. The zero-order chi connectivity index (χ0) is 14.8. The van der Waals surface area contributed by atoms with Crippen LogP contribution in [0.5, 0.6) is 5.75 Å². The number of esters is 1. The van der Waals surface area contributed by atoms with Crippen LogP contribution in [-0.4, -0.2) is 25.7 Å². The van der Waals surface area contributed by atoms with E-state index in [1.54, 1.807) is 6.92 Å². The van der Waals surface area contributed by atoms with Crippen molar-refractivity contribution >= 4 is 21.9 Å². The zero-order valence-electron chi connectivity index (χ0n) is 11.4. The first-order chi connectivity index (χ1) is 9.67. The number of terminal acetylenes is 1. The van der Waals surface area contributed by atoms with Crippen molar-refractivity contribution in [2.45, 2.75) is 19.9 Å². The molecule has 0 saturated carbocycles. The van der Waals surface area contributed by atoms with Crippen LogP contribution in [0.3, 0.4) is 0 Å². The Labute approximate surface area is 128 Å². The third kappa shape index (κ3) is 6.09. The highest BCUT2D eigenvalue weighted by Crippen LogP contribution is 2.23. The summed E-state index contributed by atoms with van der Waals surface area (Å²) in [5, 5.41) is 3.18. The van der Waals surface area contributed by atoms with Gasteiger partial charge in [-0.3, -0.25) is 4.79 Å². The standard InChI is InChI=1S/C15H18BrNO3/c1-3-9-20-14-6-5-13(16)10-12(14)11-17-8-7-15(18)19-4-2/h1,5-6,10,17H,4,7-9,11H2,2H3. The van der Waals surface area contributed by atoms with Crippen LogP contribution in [0.4, 0.5) is 0 Å². The number of halogens is 1. The maximum atomic E-state index is 11.2. The molecule has 0 aliphatic heterocycles. The van der Waals surface area contributed by atoms with Crippen molar-refractivity contribution in [3.63, 3.8) is 0 Å². The molecular weight excluding hydrogens is 322 g/mol. The van der Waals surface area contributed by atoms with Gasteiger partial charge in [0, 0.05) is 23.1 Å². The Kier molecular flexibility index (Phi) is 7.78. The van der Waals surface area contributed by atoms with E-state index in [-0.39, 0.29) is 12.6 Å². The van der Waals surface area contributed by atoms with Crippen LogP contribution >= 0.6 is 15.9 Å². The minimum absolute atomic E-state index is 0.196. The zero-order valence-corrected chi connectivity index (χ0v) is 13.0. The van der Waals surface area contributed by atoms with Gasteiger partial charge < -0.3 is 14.8 Å². The van der Waals surface area contributed by atoms with Gasteiger partial charge in [0.05, 0.1) is 13.0 Å². The van der Waals surface area contributed by atoms with Gasteiger partial charge >= 0.3 is 5.97 Å². The molecule has 4 nitrogen and oxygen atoms in total. The second-order valence-corrected chi connectivity index (χ2v) is 4.89. The van der Waals surface area contributed by atoms with Gasteiger partial charge in [-0.05, 0) is 25.1 Å². The minimum atomic E-state index is -0.196. The number of carbonyl (C=O) groups is 1. The van der Waals surface area contributed by atoms with Gasteiger partial charge in [-0.15, -0.1) is 6.42 Å². The summed E-state index contributed by atoms with van der Waals surface area (Å²) in [5.41, 5.74) is 0.985. The third-order valence-corrected chi connectivity index (χ3v) is 2.95. The summed E-state index contributed by atoms with van der Waals surface area (Å²) in [7, 11) is 0. The fourth-order valence-electron chi connectivity index (χ4n) is 1.59. The third-order valence-electron chi connectivity index (χ3n) is 2.46. The van der Waals surface area contributed by atoms with Crippen LogP contribution < -0.4 is 10.1 Å². The molecule has 1 rings (SSSR count). The van der Waals surface area contributed by atoms with Crippen LogP contribution in [0.2, 0.25) is 0 Å². The molecule has 0 aliphatic rings. The molecule has 0 aromatic heterocycles. The predicted molar refractivity (Wildman–Crippen MR) is 81.4 cm³/mol. The van der Waals surface area contributed by atoms with Gasteiger partial charge in [-0.2, -0.15) is 0 Å². The van der Waals surface area contributed by atoms with Crippen molar-refractivity contribution in [1.29, 1.82) is 0 Å². The molecule has 20 heavy (non-hydrogen) atoms. The van der Waals surface area contributed by atoms with Crippen molar-refractivity contribution in [1.82, 2.24) is 5.32 Å². The van der Waals surface area contributed by atoms with E-state index >= 15 is 0 Å². The summed E-state index contributed by atoms with van der Waals surface area (Å²) in [6, 6.07) is 5.72. The van der Waals surface area contributed by atoms with Gasteiger partial charge in [-0.1, -0.05) is 21.9 Å². The van der Waals surface area contributed by atoms with Crippen LogP contribution in [0.25, 0.3) is 0 Å². The highest BCUT2D eigenvalue weighted by atomic mass is 79.9. The second-order valence-electron chi connectivity index (χ2n) is 3.98. The van der Waals surface area contributed by atoms with Gasteiger partial charge in [0.1, 0.15) is 12.4 Å². The number of carbonyl (C=O) groups excluding carboxylic acids is 1. The quantitative estimate of drug-likeness (QED) is 0.449. The van der Waals surface area contributed by atoms with Crippen LogP contribution in [-0.2, 0) is 16.1 Å². The molecule has 0 heterocycles. The summed E-state index contributed by atoms with van der Waals surface area (Å²) in [6.07, 6.45) is 5.54. The molecule has 0 atom stereocenters. The van der Waals surface area contributed by atoms with Crippen molar-refractivity contribution in [2.24, 2.45) is 0 Å². The van der Waals surface area contributed by atoms with E-state index in [4.69, 9.17) is 15.9 Å². The Morgan fingerprint density at radius 1 is 1.50 bits per heavy atom. The molecule has 5 heteroatoms. The van der Waals surface area contributed by atoms with E-state index < -0.39 is 0 Å². The molecule has 1 aromatic carbocycles. The predicted octanol–water partition coefficient (Wildman–Crippen LogP) is 2.50. The van der Waals surface area contributed by atoms with Gasteiger partial charge in [0.25, 0.3) is 0 Å². The molecule has 0 bridgehead atoms. The number of rotatable bonds is 8. The molecule has 0 saturated heterocycles. The molecule has 108 valence electrons. The van der Waals surface area contributed by atoms with Crippen molar-refractivity contribution in [3.05, 3.63) is 28.2 Å². The number of hydrogen-bond acceptors (Lipinski definition) is 4. The highest BCUT2D eigenvalue weighted by Gasteiger charge is 2.05. The average Bonchev–Trinajstić information content (AvgIpc) is 2.43. The smallest absolute Gasteiger partial charge is 0.307 e. The molecule has 0 radical (unpaired) electrons. The van der Waals surface area contributed by atoms with E-state index in [0.717, 1.165) is 15.8 Å². The maximum absolute atomic E-state index is 11.2. The summed E-state index contributed by atoms with van der Waals surface area (Å²) in [5.74, 6) is 2.99. The average molecular weight is 340 g/mol. The lowest BCUT2D eigenvalue weighted by atomic mass is 10.2. The Morgan fingerprint density at radius 3 is 3.00 bits per heavy atom. The summed E-state index contributed by atoms with van der Waals surface area (Å²) in [6.45, 7) is 3.59. The lowest BCUT2D eigenvalue weighted by molar-refractivity contribution is -0.142. The minimum Gasteiger partial charge on any atom is -0.481 e. The lowest BCUT2D eigenvalue weighted by Gasteiger charge is -2.11. The van der Waals surface area contributed by atoms with E-state index in [1.165, 1.54) is 0 Å². The summed E-state index contributed by atoms with van der Waals surface area (Å²) < 4.78 is 11.3. The largest absolute Gasteiger partial charge is 0.481 e. The van der Waals surface area contributed by atoms with E-state index in [1.807, 2.05) is 18.2 Å². The number of ether oxygens (including phenoxy) is 2. The first-order valence-electron chi connectivity index (χ1n) is 6.38. The monoisotopic (exact) mass is 339 g/mol. The van der Waals surface area contributed by atoms with Crippen molar-refractivity contribution in [2.75, 3.05) is 19.8 Å². The molecule has 0 unspecified atom stereocenters. The van der Waals surface area contributed by atoms with Gasteiger partial charge in [0.2, 0.25) is 0 Å². The van der Waals surface area contributed by atoms with E-state index in [2.05, 4.69) is 27.2 Å². The SMILES string of the molecule is C#CCOc1ccc(Br)cc1CNCCC(=O)OCC. The molecular formula is C15H18BrNO3. The maximum Gasteiger partial charge on any atom is 0.307 e. The fraction of sp³-hybridized carbons (Fsp3) is 0.400. The van der Waals surface area contributed by atoms with Crippen LogP contribution in [0.15, 0.2) is 22.7 Å². The molecule has 0 fully saturated rings. The topological polar surface area (TPSA) is 47.6 Å². The number of hydrogen-bond donors (Lipinski definition) is 1. The summed E-state index contributed by atoms with van der Waals surface area (Å²) >= 11 is 3.42. The number of benzene rings is 1. The molecule has 1 N–H and O–H groups in total. The molecule has 0 amide bonds.